The summed E-state index contributed by atoms with van der Waals surface area (Å²) in [6, 6.07) is 5.17. The quantitative estimate of drug-likeness (QED) is 0.318. The lowest BCUT2D eigenvalue weighted by atomic mass is 9.74. The molecule has 7 nitrogen and oxygen atoms in total. The number of aryl methyl sites for hydroxylation is 2. The summed E-state index contributed by atoms with van der Waals surface area (Å²) in [5, 5.41) is 13.1. The Bertz CT molecular complexity index is 1390. The fraction of sp³-hybridized carbons (Fsp3) is 0.444. The molecule has 10 heteroatoms. The van der Waals surface area contributed by atoms with Crippen LogP contribution in [0.4, 0.5) is 8.78 Å². The van der Waals surface area contributed by atoms with E-state index in [1.54, 1.807) is 16.8 Å². The summed E-state index contributed by atoms with van der Waals surface area (Å²) in [6.45, 7) is 3.38. The van der Waals surface area contributed by atoms with Gasteiger partial charge in [0, 0.05) is 42.2 Å². The minimum absolute atomic E-state index is 0.0712. The predicted octanol–water partition coefficient (Wildman–Crippen LogP) is 4.46. The van der Waals surface area contributed by atoms with Crippen LogP contribution in [0.1, 0.15) is 41.8 Å². The van der Waals surface area contributed by atoms with Gasteiger partial charge < -0.3 is 11.1 Å². The maximum atomic E-state index is 15.3. The zero-order valence-electron chi connectivity index (χ0n) is 21.1. The van der Waals surface area contributed by atoms with Crippen LogP contribution in [-0.4, -0.2) is 49.7 Å². The number of likely N-dealkylation sites (N-methyl/N-ethyl adjacent to an activating group) is 1. The Labute approximate surface area is 220 Å². The predicted molar refractivity (Wildman–Crippen MR) is 141 cm³/mol. The maximum Gasteiger partial charge on any atom is 0.141 e. The van der Waals surface area contributed by atoms with Crippen molar-refractivity contribution >= 4 is 17.1 Å². The second kappa shape index (κ2) is 10.5. The number of rotatable bonds is 10. The van der Waals surface area contributed by atoms with E-state index in [-0.39, 0.29) is 11.9 Å². The van der Waals surface area contributed by atoms with Gasteiger partial charge in [-0.05, 0) is 75.4 Å². The number of halogens is 3. The smallest absolute Gasteiger partial charge is 0.141 e. The van der Waals surface area contributed by atoms with Gasteiger partial charge in [0.1, 0.15) is 11.5 Å². The number of nitrogens with zero attached hydrogens (tertiary/aromatic N) is 5. The first-order chi connectivity index (χ1) is 17.8. The van der Waals surface area contributed by atoms with Crippen LogP contribution in [0.15, 0.2) is 36.8 Å². The highest BCUT2D eigenvalue weighted by Gasteiger charge is 2.44. The molecule has 0 unspecified atom stereocenters. The van der Waals surface area contributed by atoms with Crippen molar-refractivity contribution in [3.8, 4) is 11.3 Å². The van der Waals surface area contributed by atoms with E-state index in [1.165, 1.54) is 12.3 Å². The largest absolute Gasteiger partial charge is 0.327 e. The van der Waals surface area contributed by atoms with Gasteiger partial charge in [-0.1, -0.05) is 11.6 Å². The summed E-state index contributed by atoms with van der Waals surface area (Å²) in [5.74, 6) is -0.341. The first kappa shape index (κ1) is 25.8. The van der Waals surface area contributed by atoms with Gasteiger partial charge in [-0.25, -0.2) is 13.3 Å². The highest BCUT2D eigenvalue weighted by atomic mass is 35.5. The van der Waals surface area contributed by atoms with Gasteiger partial charge >= 0.3 is 0 Å². The molecule has 4 aromatic heterocycles. The van der Waals surface area contributed by atoms with Gasteiger partial charge in [0.15, 0.2) is 0 Å². The molecule has 1 fully saturated rings. The Hall–Kier alpha value is -2.88. The minimum Gasteiger partial charge on any atom is -0.327 e. The Kier molecular flexibility index (Phi) is 7.29. The number of hydrogen-bond acceptors (Lipinski definition) is 5. The van der Waals surface area contributed by atoms with E-state index < -0.39 is 5.67 Å². The first-order valence-corrected chi connectivity index (χ1v) is 13.1. The van der Waals surface area contributed by atoms with E-state index in [0.717, 1.165) is 58.7 Å². The summed E-state index contributed by atoms with van der Waals surface area (Å²) in [6.07, 6.45) is 8.13. The summed E-state index contributed by atoms with van der Waals surface area (Å²) in [5.41, 5.74) is 11.0. The first-order valence-electron chi connectivity index (χ1n) is 12.7. The number of aromatic nitrogens is 5. The molecule has 196 valence electrons. The van der Waals surface area contributed by atoms with Crippen molar-refractivity contribution in [2.24, 2.45) is 5.73 Å². The molecular weight excluding hydrogens is 496 g/mol. The summed E-state index contributed by atoms with van der Waals surface area (Å²) < 4.78 is 32.2. The molecule has 0 bridgehead atoms. The summed E-state index contributed by atoms with van der Waals surface area (Å²) >= 11 is 6.50. The Morgan fingerprint density at radius 3 is 2.76 bits per heavy atom. The third-order valence-corrected chi connectivity index (χ3v) is 7.50. The van der Waals surface area contributed by atoms with Crippen molar-refractivity contribution < 1.29 is 8.78 Å². The molecular formula is C27H32ClF2N7. The lowest BCUT2D eigenvalue weighted by Gasteiger charge is -2.39. The number of pyridine rings is 2. The Morgan fingerprint density at radius 1 is 1.24 bits per heavy atom. The zero-order chi connectivity index (χ0) is 26.2. The normalized spacial score (nSPS) is 19.5. The Balaban J connectivity index is 1.47. The van der Waals surface area contributed by atoms with Gasteiger partial charge in [0.05, 0.1) is 35.2 Å². The second-order valence-electron chi connectivity index (χ2n) is 10.1. The van der Waals surface area contributed by atoms with Crippen LogP contribution < -0.4 is 11.1 Å². The fourth-order valence-corrected chi connectivity index (χ4v) is 5.56. The van der Waals surface area contributed by atoms with Crippen LogP contribution in [0.2, 0.25) is 5.02 Å². The van der Waals surface area contributed by atoms with E-state index >= 15 is 4.39 Å². The number of hydrogen-bond donors (Lipinski definition) is 2. The van der Waals surface area contributed by atoms with Crippen LogP contribution in [0.3, 0.4) is 0 Å². The fourth-order valence-electron chi connectivity index (χ4n) is 5.31. The molecule has 0 saturated heterocycles. The Morgan fingerprint density at radius 2 is 2.05 bits per heavy atom. The highest BCUT2D eigenvalue weighted by Crippen LogP contribution is 2.40. The number of alkyl halides is 1. The molecule has 0 radical (unpaired) electrons. The molecule has 0 aliphatic heterocycles. The van der Waals surface area contributed by atoms with Gasteiger partial charge in [-0.2, -0.15) is 10.2 Å². The molecule has 0 amide bonds. The SMILES string of the molecule is CNCCn1nc(-c2cc(CCCc3ccc(F)cn3)c3c(Cl)cnn3c2)c(C)c1CC1(F)CC(N)C1. The molecule has 4 aromatic rings. The molecule has 3 N–H and O–H groups in total. The molecule has 0 atom stereocenters. The molecule has 0 spiro atoms. The summed E-state index contributed by atoms with van der Waals surface area (Å²) in [7, 11) is 1.89. The standard InChI is InChI=1S/C27H32ClF2N7/c1-17-24(13-27(30)11-21(31)12-27)36(9-8-32-2)35-25(17)19-10-18(26-23(28)15-34-37(26)16-19)4-3-5-22-7-6-20(29)14-33-22/h6-7,10,14-16,21,32H,3-5,8-9,11-13,31H2,1-2H3. The number of fused-ring (bicyclic) bond motifs is 1. The van der Waals surface area contributed by atoms with E-state index in [2.05, 4.69) is 21.5 Å². The van der Waals surface area contributed by atoms with Crippen molar-refractivity contribution in [2.75, 3.05) is 13.6 Å². The lowest BCUT2D eigenvalue weighted by molar-refractivity contribution is 0.0422. The molecule has 37 heavy (non-hydrogen) atoms. The van der Waals surface area contributed by atoms with Crippen molar-refractivity contribution in [1.29, 1.82) is 0 Å². The molecule has 0 aromatic carbocycles. The second-order valence-corrected chi connectivity index (χ2v) is 10.5. The summed E-state index contributed by atoms with van der Waals surface area (Å²) in [4.78, 5) is 4.16. The minimum atomic E-state index is -1.28. The maximum absolute atomic E-state index is 15.3. The van der Waals surface area contributed by atoms with E-state index in [4.69, 9.17) is 22.4 Å². The van der Waals surface area contributed by atoms with E-state index in [0.29, 0.717) is 37.3 Å². The number of nitrogens with one attached hydrogen (secondary N) is 1. The van der Waals surface area contributed by atoms with Crippen molar-refractivity contribution in [3.05, 3.63) is 70.1 Å². The van der Waals surface area contributed by atoms with Gasteiger partial charge in [0.25, 0.3) is 0 Å². The lowest BCUT2D eigenvalue weighted by Crippen LogP contribution is -2.50. The number of nitrogens with two attached hydrogens (primary N) is 1. The zero-order valence-corrected chi connectivity index (χ0v) is 21.9. The monoisotopic (exact) mass is 527 g/mol. The molecule has 1 aliphatic rings. The van der Waals surface area contributed by atoms with Crippen LogP contribution in [-0.2, 0) is 25.8 Å². The van der Waals surface area contributed by atoms with Crippen LogP contribution >= 0.6 is 11.6 Å². The molecule has 5 rings (SSSR count). The van der Waals surface area contributed by atoms with Crippen LogP contribution in [0, 0.1) is 12.7 Å². The molecule has 1 saturated carbocycles. The van der Waals surface area contributed by atoms with Gasteiger partial charge in [0.2, 0.25) is 0 Å². The van der Waals surface area contributed by atoms with Crippen molar-refractivity contribution in [2.45, 2.75) is 63.7 Å². The van der Waals surface area contributed by atoms with Gasteiger partial charge in [-0.15, -0.1) is 0 Å². The van der Waals surface area contributed by atoms with Crippen molar-refractivity contribution in [3.63, 3.8) is 0 Å². The van der Waals surface area contributed by atoms with Gasteiger partial charge in [-0.3, -0.25) is 9.67 Å². The van der Waals surface area contributed by atoms with Crippen molar-refractivity contribution in [1.82, 2.24) is 29.7 Å². The average Bonchev–Trinajstić information content (AvgIpc) is 3.37. The molecule has 4 heterocycles. The third-order valence-electron chi connectivity index (χ3n) is 7.22. The topological polar surface area (TPSA) is 86.1 Å². The molecule has 1 aliphatic carbocycles. The highest BCUT2D eigenvalue weighted by molar-refractivity contribution is 6.34. The van der Waals surface area contributed by atoms with Crippen LogP contribution in [0.5, 0.6) is 0 Å². The van der Waals surface area contributed by atoms with Crippen LogP contribution in [0.25, 0.3) is 16.8 Å². The third kappa shape index (κ3) is 5.39. The average molecular weight is 528 g/mol. The van der Waals surface area contributed by atoms with E-state index in [9.17, 15) is 4.39 Å². The van der Waals surface area contributed by atoms with E-state index in [1.807, 2.05) is 24.9 Å².